The van der Waals surface area contributed by atoms with Gasteiger partial charge >= 0.3 is 0 Å². The Hall–Kier alpha value is -2.26. The number of nitrogens with one attached hydrogen (secondary N) is 2. The first-order chi connectivity index (χ1) is 17.1. The third kappa shape index (κ3) is 6.25. The van der Waals surface area contributed by atoms with Crippen molar-refractivity contribution in [3.05, 3.63) is 29.3 Å². The van der Waals surface area contributed by atoms with Crippen LogP contribution < -0.4 is 10.6 Å². The number of rotatable bonds is 6. The highest BCUT2D eigenvalue weighted by molar-refractivity contribution is 7.89. The van der Waals surface area contributed by atoms with Crippen LogP contribution in [0.15, 0.2) is 23.2 Å². The van der Waals surface area contributed by atoms with Gasteiger partial charge in [0.15, 0.2) is 0 Å². The van der Waals surface area contributed by atoms with Crippen molar-refractivity contribution >= 4 is 33.4 Å². The Kier molecular flexibility index (Phi) is 7.36. The Morgan fingerprint density at radius 2 is 1.76 bits per heavy atom. The normalized spacial score (nSPS) is 23.5. The molecule has 1 spiro atoms. The number of carbonyl (C=O) groups excluding carboxylic acids is 2. The number of aryl methyl sites for hydroxylation is 2. The maximum atomic E-state index is 13.2. The number of sulfonamides is 1. The van der Waals surface area contributed by atoms with Crippen LogP contribution in [0.5, 0.6) is 0 Å². The Morgan fingerprint density at radius 1 is 1.14 bits per heavy atom. The van der Waals surface area contributed by atoms with E-state index >= 15 is 0 Å². The number of hydrogen-bond acceptors (Lipinski definition) is 5. The molecular weight excluding hydrogens is 488 g/mol. The van der Waals surface area contributed by atoms with Crippen LogP contribution in [-0.4, -0.2) is 54.8 Å². The number of amidine groups is 1. The van der Waals surface area contributed by atoms with Gasteiger partial charge in [-0.2, -0.15) is 0 Å². The average Bonchev–Trinajstić information content (AvgIpc) is 3.07. The Balaban J connectivity index is 1.39. The molecule has 2 aliphatic heterocycles. The van der Waals surface area contributed by atoms with Gasteiger partial charge in [-0.3, -0.25) is 14.6 Å². The van der Waals surface area contributed by atoms with E-state index in [0.717, 1.165) is 36.2 Å². The molecule has 1 aromatic rings. The molecule has 4 rings (SSSR count). The van der Waals surface area contributed by atoms with E-state index < -0.39 is 15.6 Å². The minimum Gasteiger partial charge on any atom is -0.326 e. The molecule has 204 valence electrons. The van der Waals surface area contributed by atoms with Crippen LogP contribution in [0.25, 0.3) is 0 Å². The smallest absolute Gasteiger partial charge is 0.253 e. The topological polar surface area (TPSA) is 108 Å². The zero-order chi connectivity index (χ0) is 27.2. The van der Waals surface area contributed by atoms with Crippen molar-refractivity contribution in [3.8, 4) is 0 Å². The summed E-state index contributed by atoms with van der Waals surface area (Å²) in [5, 5.41) is 5.85. The van der Waals surface area contributed by atoms with Crippen molar-refractivity contribution < 1.29 is 18.0 Å². The summed E-state index contributed by atoms with van der Waals surface area (Å²) in [6.07, 6.45) is 4.35. The maximum Gasteiger partial charge on any atom is 0.253 e. The summed E-state index contributed by atoms with van der Waals surface area (Å²) >= 11 is 0. The molecule has 0 unspecified atom stereocenters. The van der Waals surface area contributed by atoms with Gasteiger partial charge in [0.25, 0.3) is 5.91 Å². The lowest BCUT2D eigenvalue weighted by molar-refractivity contribution is -0.125. The molecule has 0 atom stereocenters. The molecule has 1 aromatic carbocycles. The molecule has 1 aliphatic carbocycles. The van der Waals surface area contributed by atoms with Crippen LogP contribution in [0.4, 0.5) is 5.69 Å². The molecule has 2 amide bonds. The number of aliphatic imine (C=N–C) groups is 1. The third-order valence-electron chi connectivity index (χ3n) is 8.18. The quantitative estimate of drug-likeness (QED) is 0.579. The first kappa shape index (κ1) is 27.8. The minimum atomic E-state index is -3.47. The number of nitrogens with zero attached hydrogens (tertiary/aromatic N) is 2. The summed E-state index contributed by atoms with van der Waals surface area (Å²) in [4.78, 5) is 29.4. The predicted octanol–water partition coefficient (Wildman–Crippen LogP) is 4.04. The van der Waals surface area contributed by atoms with Gasteiger partial charge < -0.3 is 10.6 Å². The second-order valence-electron chi connectivity index (χ2n) is 12.9. The molecule has 2 N–H and O–H groups in total. The SMILES string of the molecule is CC(=O)Nc1ccc(CCS(=O)(=O)N2CCC3(CC2)N=C(C2CC(C)(C)CC(C)(C)C2)NC3=O)c(C)c1. The number of carbonyl (C=O) groups is 2. The van der Waals surface area contributed by atoms with Gasteiger partial charge in [0, 0.05) is 31.6 Å². The maximum absolute atomic E-state index is 13.2. The fraction of sp³-hybridized carbons (Fsp3) is 0.679. The van der Waals surface area contributed by atoms with Crippen molar-refractivity contribution in [2.75, 3.05) is 24.2 Å². The minimum absolute atomic E-state index is 0.00722. The van der Waals surface area contributed by atoms with Gasteiger partial charge in [-0.25, -0.2) is 12.7 Å². The molecule has 0 bridgehead atoms. The standard InChI is InChI=1S/C28H42N4O4S/c1-19-15-23(29-20(2)33)8-7-21(19)9-14-37(35,36)32-12-10-28(11-13-32)25(34)30-24(31-28)22-16-26(3,4)18-27(5,6)17-22/h7-8,15,22H,9-14,16-18H2,1-6H3,(H,29,33)(H,30,31,34). The van der Waals surface area contributed by atoms with E-state index in [1.54, 1.807) is 6.07 Å². The fourth-order valence-corrected chi connectivity index (χ4v) is 8.35. The second-order valence-corrected chi connectivity index (χ2v) is 15.0. The van der Waals surface area contributed by atoms with E-state index in [-0.39, 0.29) is 34.3 Å². The Morgan fingerprint density at radius 3 is 2.32 bits per heavy atom. The first-order valence-corrected chi connectivity index (χ1v) is 15.0. The van der Waals surface area contributed by atoms with Crippen LogP contribution in [-0.2, 0) is 26.0 Å². The number of anilines is 1. The largest absolute Gasteiger partial charge is 0.326 e. The molecule has 2 fully saturated rings. The molecule has 2 heterocycles. The molecule has 37 heavy (non-hydrogen) atoms. The van der Waals surface area contributed by atoms with E-state index in [9.17, 15) is 18.0 Å². The van der Waals surface area contributed by atoms with Crippen molar-refractivity contribution in [2.24, 2.45) is 21.7 Å². The zero-order valence-electron chi connectivity index (χ0n) is 23.1. The highest BCUT2D eigenvalue weighted by Gasteiger charge is 2.50. The summed E-state index contributed by atoms with van der Waals surface area (Å²) in [5.41, 5.74) is 2.12. The number of piperidine rings is 1. The predicted molar refractivity (Wildman–Crippen MR) is 147 cm³/mol. The summed E-state index contributed by atoms with van der Waals surface area (Å²) in [6, 6.07) is 5.52. The summed E-state index contributed by atoms with van der Waals surface area (Å²) < 4.78 is 27.8. The van der Waals surface area contributed by atoms with Crippen LogP contribution in [0.1, 0.15) is 77.8 Å². The lowest BCUT2D eigenvalue weighted by Gasteiger charge is -2.44. The Labute approximate surface area is 221 Å². The van der Waals surface area contributed by atoms with Crippen LogP contribution in [0.2, 0.25) is 0 Å². The van der Waals surface area contributed by atoms with Gasteiger partial charge in [0.05, 0.1) is 5.75 Å². The summed E-state index contributed by atoms with van der Waals surface area (Å²) in [5.74, 6) is 0.823. The number of hydrogen-bond donors (Lipinski definition) is 2. The molecule has 1 saturated carbocycles. The van der Waals surface area contributed by atoms with Gasteiger partial charge in [-0.1, -0.05) is 33.8 Å². The van der Waals surface area contributed by atoms with E-state index in [2.05, 4.69) is 38.3 Å². The van der Waals surface area contributed by atoms with Crippen molar-refractivity contribution in [1.29, 1.82) is 0 Å². The molecular formula is C28H42N4O4S. The molecule has 1 saturated heterocycles. The second kappa shape index (κ2) is 9.80. The molecule has 3 aliphatic rings. The monoisotopic (exact) mass is 530 g/mol. The molecule has 9 heteroatoms. The van der Waals surface area contributed by atoms with Gasteiger partial charge in [0.1, 0.15) is 11.4 Å². The molecule has 0 aromatic heterocycles. The average molecular weight is 531 g/mol. The van der Waals surface area contributed by atoms with Crippen molar-refractivity contribution in [1.82, 2.24) is 9.62 Å². The summed E-state index contributed by atoms with van der Waals surface area (Å²) in [6.45, 7) is 13.1. The number of amides is 2. The van der Waals surface area contributed by atoms with Gasteiger partial charge in [0.2, 0.25) is 15.9 Å². The Bertz CT molecular complexity index is 1190. The van der Waals surface area contributed by atoms with Gasteiger partial charge in [-0.15, -0.1) is 0 Å². The highest BCUT2D eigenvalue weighted by atomic mass is 32.2. The van der Waals surface area contributed by atoms with Crippen LogP contribution >= 0.6 is 0 Å². The van der Waals surface area contributed by atoms with E-state index in [1.807, 2.05) is 19.1 Å². The van der Waals surface area contributed by atoms with E-state index in [0.29, 0.717) is 38.0 Å². The van der Waals surface area contributed by atoms with Crippen LogP contribution in [0.3, 0.4) is 0 Å². The van der Waals surface area contributed by atoms with Crippen molar-refractivity contribution in [3.63, 3.8) is 0 Å². The molecule has 8 nitrogen and oxygen atoms in total. The summed E-state index contributed by atoms with van der Waals surface area (Å²) in [7, 11) is -3.47. The number of benzene rings is 1. The lowest BCUT2D eigenvalue weighted by Crippen LogP contribution is -2.51. The third-order valence-corrected chi connectivity index (χ3v) is 10.0. The fourth-order valence-electron chi connectivity index (χ4n) is 6.87. The van der Waals surface area contributed by atoms with Gasteiger partial charge in [-0.05, 0) is 79.5 Å². The zero-order valence-corrected chi connectivity index (χ0v) is 23.9. The molecule has 0 radical (unpaired) electrons. The van der Waals surface area contributed by atoms with E-state index in [4.69, 9.17) is 4.99 Å². The highest BCUT2D eigenvalue weighted by Crippen LogP contribution is 2.49. The van der Waals surface area contributed by atoms with Crippen molar-refractivity contribution in [2.45, 2.75) is 85.6 Å². The first-order valence-electron chi connectivity index (χ1n) is 13.4. The van der Waals surface area contributed by atoms with Crippen LogP contribution in [0, 0.1) is 23.7 Å². The van der Waals surface area contributed by atoms with E-state index in [1.165, 1.54) is 11.2 Å². The lowest BCUT2D eigenvalue weighted by atomic mass is 9.61.